The molecule has 4 rings (SSSR count). The Morgan fingerprint density at radius 3 is 2.44 bits per heavy atom. The highest BCUT2D eigenvalue weighted by Crippen LogP contribution is 2.29. The van der Waals surface area contributed by atoms with E-state index in [2.05, 4.69) is 5.32 Å². The minimum atomic E-state index is -0.378. The molecule has 0 saturated carbocycles. The number of anilines is 1. The van der Waals surface area contributed by atoms with E-state index < -0.39 is 0 Å². The number of piperidine rings is 1. The molecule has 6 heteroatoms. The first-order chi connectivity index (χ1) is 13.1. The summed E-state index contributed by atoms with van der Waals surface area (Å²) >= 11 is 1.48. The smallest absolute Gasteiger partial charge is 0.263 e. The fourth-order valence-electron chi connectivity index (χ4n) is 3.28. The average Bonchev–Trinajstić information content (AvgIpc) is 3.12. The lowest BCUT2D eigenvalue weighted by atomic mass is 10.1. The lowest BCUT2D eigenvalue weighted by Crippen LogP contribution is -2.35. The van der Waals surface area contributed by atoms with E-state index in [1.165, 1.54) is 42.0 Å². The summed E-state index contributed by atoms with van der Waals surface area (Å²) in [5.41, 5.74) is 1.04. The summed E-state index contributed by atoms with van der Waals surface area (Å²) in [5.74, 6) is -0.584. The van der Waals surface area contributed by atoms with Crippen LogP contribution in [0.5, 0.6) is 0 Å². The van der Waals surface area contributed by atoms with Crippen LogP contribution in [0.25, 0.3) is 10.1 Å². The van der Waals surface area contributed by atoms with Crippen LogP contribution in [0, 0.1) is 5.82 Å². The molecule has 0 bridgehead atoms. The van der Waals surface area contributed by atoms with Gasteiger partial charge in [-0.3, -0.25) is 9.59 Å². The topological polar surface area (TPSA) is 49.4 Å². The second-order valence-corrected chi connectivity index (χ2v) is 7.76. The van der Waals surface area contributed by atoms with Gasteiger partial charge in [-0.15, -0.1) is 11.3 Å². The molecule has 1 fully saturated rings. The minimum absolute atomic E-state index is 0.0906. The van der Waals surface area contributed by atoms with Gasteiger partial charge in [0.2, 0.25) is 0 Å². The van der Waals surface area contributed by atoms with Crippen LogP contribution in [-0.4, -0.2) is 29.8 Å². The molecule has 1 N–H and O–H groups in total. The molecule has 3 aromatic rings. The second-order valence-electron chi connectivity index (χ2n) is 6.68. The number of fused-ring (bicyclic) bond motifs is 1. The van der Waals surface area contributed by atoms with Crippen molar-refractivity contribution in [1.82, 2.24) is 4.90 Å². The third-order valence-electron chi connectivity index (χ3n) is 4.73. The molecule has 2 aromatic carbocycles. The highest BCUT2D eigenvalue weighted by molar-refractivity contribution is 7.20. The van der Waals surface area contributed by atoms with Gasteiger partial charge in [-0.05, 0) is 73.2 Å². The van der Waals surface area contributed by atoms with Crippen molar-refractivity contribution in [2.45, 2.75) is 19.3 Å². The number of rotatable bonds is 3. The summed E-state index contributed by atoms with van der Waals surface area (Å²) in [6.45, 7) is 1.65. The average molecular weight is 382 g/mol. The molecule has 0 radical (unpaired) electrons. The molecular formula is C21H19FN2O2S. The lowest BCUT2D eigenvalue weighted by Gasteiger charge is -2.26. The number of hydrogen-bond acceptors (Lipinski definition) is 3. The zero-order valence-electron chi connectivity index (χ0n) is 14.7. The minimum Gasteiger partial charge on any atom is -0.338 e. The van der Waals surface area contributed by atoms with Gasteiger partial charge in [0, 0.05) is 29.0 Å². The first kappa shape index (κ1) is 17.7. The van der Waals surface area contributed by atoms with Crippen molar-refractivity contribution in [2.24, 2.45) is 0 Å². The quantitative estimate of drug-likeness (QED) is 0.699. The number of carbonyl (C=O) groups is 2. The van der Waals surface area contributed by atoms with Gasteiger partial charge in [-0.25, -0.2) is 4.39 Å². The molecule has 0 spiro atoms. The summed E-state index contributed by atoms with van der Waals surface area (Å²) in [6.07, 6.45) is 3.32. The standard InChI is InChI=1S/C21H19FN2O2S/c22-16-6-4-14(5-7-16)20(25)23-17-8-9-18-15(12-17)13-19(27-18)21(26)24-10-2-1-3-11-24/h4-9,12-13H,1-3,10-11H2,(H,23,25). The number of carbonyl (C=O) groups excluding carboxylic acids is 2. The number of hydrogen-bond donors (Lipinski definition) is 1. The first-order valence-corrected chi connectivity index (χ1v) is 9.81. The van der Waals surface area contributed by atoms with Crippen molar-refractivity contribution in [3.05, 3.63) is 64.8 Å². The van der Waals surface area contributed by atoms with E-state index >= 15 is 0 Å². The largest absolute Gasteiger partial charge is 0.338 e. The Morgan fingerprint density at radius 2 is 1.70 bits per heavy atom. The molecule has 0 atom stereocenters. The van der Waals surface area contributed by atoms with Gasteiger partial charge in [0.25, 0.3) is 11.8 Å². The number of nitrogens with zero attached hydrogens (tertiary/aromatic N) is 1. The molecule has 4 nitrogen and oxygen atoms in total. The van der Waals surface area contributed by atoms with Crippen molar-refractivity contribution in [3.63, 3.8) is 0 Å². The van der Waals surface area contributed by atoms with Gasteiger partial charge in [0.1, 0.15) is 5.82 Å². The number of halogens is 1. The monoisotopic (exact) mass is 382 g/mol. The van der Waals surface area contributed by atoms with Gasteiger partial charge in [-0.2, -0.15) is 0 Å². The second kappa shape index (κ2) is 7.48. The summed E-state index contributed by atoms with van der Waals surface area (Å²) in [6, 6.07) is 12.9. The molecule has 138 valence electrons. The zero-order chi connectivity index (χ0) is 18.8. The van der Waals surface area contributed by atoms with Crippen molar-refractivity contribution in [2.75, 3.05) is 18.4 Å². The highest BCUT2D eigenvalue weighted by Gasteiger charge is 2.20. The normalized spacial score (nSPS) is 14.3. The van der Waals surface area contributed by atoms with Crippen molar-refractivity contribution in [3.8, 4) is 0 Å². The Morgan fingerprint density at radius 1 is 0.963 bits per heavy atom. The Balaban J connectivity index is 1.52. The third kappa shape index (κ3) is 3.85. The van der Waals surface area contributed by atoms with Crippen LogP contribution in [0.1, 0.15) is 39.3 Å². The molecular weight excluding hydrogens is 363 g/mol. The van der Waals surface area contributed by atoms with Gasteiger partial charge < -0.3 is 10.2 Å². The van der Waals surface area contributed by atoms with E-state index in [-0.39, 0.29) is 17.6 Å². The fourth-order valence-corrected chi connectivity index (χ4v) is 4.29. The molecule has 0 unspecified atom stereocenters. The Kier molecular flexibility index (Phi) is 4.90. The highest BCUT2D eigenvalue weighted by atomic mass is 32.1. The molecule has 2 amide bonds. The first-order valence-electron chi connectivity index (χ1n) is 9.00. The molecule has 1 aliphatic rings. The predicted octanol–water partition coefficient (Wildman–Crippen LogP) is 4.92. The fraction of sp³-hybridized carbons (Fsp3) is 0.238. The van der Waals surface area contributed by atoms with Crippen molar-refractivity contribution >= 4 is 38.9 Å². The molecule has 1 aromatic heterocycles. The van der Waals surface area contributed by atoms with Crippen LogP contribution in [0.2, 0.25) is 0 Å². The van der Waals surface area contributed by atoms with Crippen LogP contribution < -0.4 is 5.32 Å². The van der Waals surface area contributed by atoms with Crippen molar-refractivity contribution < 1.29 is 14.0 Å². The Bertz CT molecular complexity index is 991. The molecule has 2 heterocycles. The lowest BCUT2D eigenvalue weighted by molar-refractivity contribution is 0.0729. The number of nitrogens with one attached hydrogen (secondary N) is 1. The van der Waals surface area contributed by atoms with Crippen LogP contribution in [-0.2, 0) is 0 Å². The number of thiophene rings is 1. The van der Waals surface area contributed by atoms with E-state index in [4.69, 9.17) is 0 Å². The van der Waals surface area contributed by atoms with E-state index in [1.54, 1.807) is 0 Å². The van der Waals surface area contributed by atoms with Gasteiger partial charge >= 0.3 is 0 Å². The Hall–Kier alpha value is -2.73. The Labute approximate surface area is 160 Å². The summed E-state index contributed by atoms with van der Waals surface area (Å²) < 4.78 is 14.0. The molecule has 1 aliphatic heterocycles. The molecule has 27 heavy (non-hydrogen) atoms. The van der Waals surface area contributed by atoms with Crippen LogP contribution in [0.4, 0.5) is 10.1 Å². The molecule has 1 saturated heterocycles. The summed E-state index contributed by atoms with van der Waals surface area (Å²) in [4.78, 5) is 27.6. The van der Waals surface area contributed by atoms with Crippen molar-refractivity contribution in [1.29, 1.82) is 0 Å². The van der Waals surface area contributed by atoms with E-state index in [0.717, 1.165) is 40.9 Å². The summed E-state index contributed by atoms with van der Waals surface area (Å²) in [7, 11) is 0. The molecule has 0 aliphatic carbocycles. The van der Waals surface area contributed by atoms with E-state index in [0.29, 0.717) is 11.3 Å². The van der Waals surface area contributed by atoms with Gasteiger partial charge in [-0.1, -0.05) is 0 Å². The SMILES string of the molecule is O=C(Nc1ccc2sc(C(=O)N3CCCCC3)cc2c1)c1ccc(F)cc1. The maximum atomic E-state index is 13.0. The van der Waals surface area contributed by atoms with Crippen LogP contribution in [0.3, 0.4) is 0 Å². The van der Waals surface area contributed by atoms with Gasteiger partial charge in [0.05, 0.1) is 4.88 Å². The zero-order valence-corrected chi connectivity index (χ0v) is 15.5. The maximum Gasteiger partial charge on any atom is 0.263 e. The van der Waals surface area contributed by atoms with Crippen LogP contribution in [0.15, 0.2) is 48.5 Å². The number of benzene rings is 2. The van der Waals surface area contributed by atoms with E-state index in [1.807, 2.05) is 29.2 Å². The third-order valence-corrected chi connectivity index (χ3v) is 5.84. The number of likely N-dealkylation sites (tertiary alicyclic amines) is 1. The van der Waals surface area contributed by atoms with E-state index in [9.17, 15) is 14.0 Å². The predicted molar refractivity (Wildman–Crippen MR) is 106 cm³/mol. The van der Waals surface area contributed by atoms with Gasteiger partial charge in [0.15, 0.2) is 0 Å². The maximum absolute atomic E-state index is 13.0. The van der Waals surface area contributed by atoms with Crippen LogP contribution >= 0.6 is 11.3 Å². The summed E-state index contributed by atoms with van der Waals surface area (Å²) in [5, 5.41) is 3.75. The number of amides is 2.